The van der Waals surface area contributed by atoms with E-state index in [1.54, 1.807) is 60.7 Å². The van der Waals surface area contributed by atoms with Crippen molar-refractivity contribution in [3.8, 4) is 11.5 Å². The molecule has 164 valence electrons. The lowest BCUT2D eigenvalue weighted by atomic mass is 10.1. The zero-order valence-electron chi connectivity index (χ0n) is 17.4. The first-order valence-corrected chi connectivity index (χ1v) is 10.5. The quantitative estimate of drug-likeness (QED) is 0.208. The van der Waals surface area contributed by atoms with E-state index in [-0.39, 0.29) is 11.3 Å². The number of nitrogens with zero attached hydrogens (tertiary/aromatic N) is 1. The molecule has 3 aromatic rings. The first-order chi connectivity index (χ1) is 15.4. The minimum Gasteiger partial charge on any atom is -0.490 e. The predicted octanol–water partition coefficient (Wildman–Crippen LogP) is 5.68. The van der Waals surface area contributed by atoms with Crippen molar-refractivity contribution in [3.05, 3.63) is 93.0 Å². The van der Waals surface area contributed by atoms with E-state index in [2.05, 4.69) is 10.5 Å². The van der Waals surface area contributed by atoms with Crippen molar-refractivity contribution < 1.29 is 19.1 Å². The number of ether oxygens (including phenoxy) is 2. The summed E-state index contributed by atoms with van der Waals surface area (Å²) in [4.78, 5) is 24.7. The van der Waals surface area contributed by atoms with Crippen LogP contribution >= 0.6 is 23.2 Å². The van der Waals surface area contributed by atoms with Crippen LogP contribution in [0.5, 0.6) is 11.5 Å². The van der Waals surface area contributed by atoms with Crippen LogP contribution in [-0.2, 0) is 0 Å². The first-order valence-electron chi connectivity index (χ1n) is 9.72. The number of esters is 1. The summed E-state index contributed by atoms with van der Waals surface area (Å²) in [6.45, 7) is 4.06. The second kappa shape index (κ2) is 10.8. The zero-order chi connectivity index (χ0) is 23.1. The Balaban J connectivity index is 1.73. The van der Waals surface area contributed by atoms with Crippen molar-refractivity contribution in [2.24, 2.45) is 5.10 Å². The molecular weight excluding hydrogens is 451 g/mol. The van der Waals surface area contributed by atoms with Crippen molar-refractivity contribution >= 4 is 41.3 Å². The smallest absolute Gasteiger partial charge is 0.345 e. The standard InChI is InChI=1S/C24H20Cl2N2O4/c1-3-31-22-13-16(14-27-28-23(29)17-10-8-15(2)12-20(17)26)9-11-21(22)32-24(30)18-6-4-5-7-19(18)25/h4-14H,3H2,1-2H3,(H,28,29)/b27-14-. The molecule has 0 spiro atoms. The number of hydrazone groups is 1. The molecule has 3 aromatic carbocycles. The van der Waals surface area contributed by atoms with Crippen molar-refractivity contribution in [1.29, 1.82) is 0 Å². The van der Waals surface area contributed by atoms with E-state index in [1.807, 2.05) is 13.8 Å². The van der Waals surface area contributed by atoms with E-state index in [0.29, 0.717) is 33.5 Å². The van der Waals surface area contributed by atoms with Crippen molar-refractivity contribution in [2.75, 3.05) is 6.61 Å². The Hall–Kier alpha value is -3.35. The van der Waals surface area contributed by atoms with Crippen LogP contribution in [-0.4, -0.2) is 24.7 Å². The third-order valence-corrected chi connectivity index (χ3v) is 4.96. The van der Waals surface area contributed by atoms with Gasteiger partial charge in [-0.25, -0.2) is 10.2 Å². The van der Waals surface area contributed by atoms with E-state index in [0.717, 1.165) is 5.56 Å². The van der Waals surface area contributed by atoms with E-state index in [4.69, 9.17) is 32.7 Å². The molecule has 0 aliphatic carbocycles. The number of halogens is 2. The molecule has 1 amide bonds. The van der Waals surface area contributed by atoms with Gasteiger partial charge < -0.3 is 9.47 Å². The number of aryl methyl sites for hydroxylation is 1. The lowest BCUT2D eigenvalue weighted by Gasteiger charge is -2.12. The predicted molar refractivity (Wildman–Crippen MR) is 125 cm³/mol. The minimum absolute atomic E-state index is 0.240. The van der Waals surface area contributed by atoms with Crippen LogP contribution in [0.1, 0.15) is 38.8 Å². The molecule has 0 saturated carbocycles. The van der Waals surface area contributed by atoms with Gasteiger partial charge >= 0.3 is 5.97 Å². The Kier molecular flexibility index (Phi) is 7.87. The largest absolute Gasteiger partial charge is 0.490 e. The van der Waals surface area contributed by atoms with Crippen molar-refractivity contribution in [3.63, 3.8) is 0 Å². The molecule has 0 fully saturated rings. The van der Waals surface area contributed by atoms with Crippen LogP contribution in [0.4, 0.5) is 0 Å². The fourth-order valence-electron chi connectivity index (χ4n) is 2.77. The van der Waals surface area contributed by atoms with Gasteiger partial charge in [-0.1, -0.05) is 41.4 Å². The van der Waals surface area contributed by atoms with Gasteiger partial charge in [-0.3, -0.25) is 4.79 Å². The summed E-state index contributed by atoms with van der Waals surface area (Å²) >= 11 is 12.2. The molecule has 0 heterocycles. The number of benzene rings is 3. The maximum absolute atomic E-state index is 12.5. The molecule has 0 radical (unpaired) electrons. The summed E-state index contributed by atoms with van der Waals surface area (Å²) in [6, 6.07) is 16.7. The van der Waals surface area contributed by atoms with Crippen molar-refractivity contribution in [1.82, 2.24) is 5.43 Å². The van der Waals surface area contributed by atoms with Gasteiger partial charge in [0.05, 0.1) is 34.0 Å². The maximum atomic E-state index is 12.5. The summed E-state index contributed by atoms with van der Waals surface area (Å²) in [6.07, 6.45) is 1.45. The number of carbonyl (C=O) groups is 2. The average molecular weight is 471 g/mol. The van der Waals surface area contributed by atoms with Gasteiger partial charge in [0.1, 0.15) is 0 Å². The molecule has 3 rings (SSSR count). The van der Waals surface area contributed by atoms with Crippen molar-refractivity contribution in [2.45, 2.75) is 13.8 Å². The Labute approximate surface area is 195 Å². The van der Waals surface area contributed by atoms with Crippen LogP contribution in [0.25, 0.3) is 0 Å². The van der Waals surface area contributed by atoms with E-state index in [1.165, 1.54) is 6.21 Å². The second-order valence-electron chi connectivity index (χ2n) is 6.69. The third-order valence-electron chi connectivity index (χ3n) is 4.31. The highest BCUT2D eigenvalue weighted by Gasteiger charge is 2.15. The highest BCUT2D eigenvalue weighted by molar-refractivity contribution is 6.34. The van der Waals surface area contributed by atoms with Crippen LogP contribution in [0, 0.1) is 6.92 Å². The Morgan fingerprint density at radius 2 is 1.75 bits per heavy atom. The summed E-state index contributed by atoms with van der Waals surface area (Å²) in [5.74, 6) is -0.434. The first kappa shape index (κ1) is 23.3. The van der Waals surface area contributed by atoms with Crippen LogP contribution in [0.2, 0.25) is 10.0 Å². The fourth-order valence-corrected chi connectivity index (χ4v) is 3.30. The molecule has 32 heavy (non-hydrogen) atoms. The molecule has 0 aliphatic rings. The lowest BCUT2D eigenvalue weighted by Crippen LogP contribution is -2.18. The molecule has 6 nitrogen and oxygen atoms in total. The Morgan fingerprint density at radius 1 is 0.969 bits per heavy atom. The highest BCUT2D eigenvalue weighted by atomic mass is 35.5. The maximum Gasteiger partial charge on any atom is 0.345 e. The molecule has 0 saturated heterocycles. The topological polar surface area (TPSA) is 77.0 Å². The second-order valence-corrected chi connectivity index (χ2v) is 7.51. The molecule has 0 aromatic heterocycles. The SMILES string of the molecule is CCOc1cc(/C=N\NC(=O)c2ccc(C)cc2Cl)ccc1OC(=O)c1ccccc1Cl. The number of hydrogen-bond donors (Lipinski definition) is 1. The lowest BCUT2D eigenvalue weighted by molar-refractivity contribution is 0.0728. The number of nitrogens with one attached hydrogen (secondary N) is 1. The van der Waals surface area contributed by atoms with Gasteiger partial charge in [-0.2, -0.15) is 5.10 Å². The number of carbonyl (C=O) groups excluding carboxylic acids is 2. The molecule has 0 unspecified atom stereocenters. The molecule has 1 N–H and O–H groups in total. The van der Waals surface area contributed by atoms with Crippen LogP contribution < -0.4 is 14.9 Å². The Morgan fingerprint density at radius 3 is 2.47 bits per heavy atom. The van der Waals surface area contributed by atoms with Gasteiger partial charge in [-0.05, 0) is 67.4 Å². The zero-order valence-corrected chi connectivity index (χ0v) is 18.9. The molecule has 8 heteroatoms. The van der Waals surface area contributed by atoms with E-state index < -0.39 is 11.9 Å². The van der Waals surface area contributed by atoms with Gasteiger partial charge in [0, 0.05) is 0 Å². The van der Waals surface area contributed by atoms with Gasteiger partial charge in [-0.15, -0.1) is 0 Å². The van der Waals surface area contributed by atoms with Gasteiger partial charge in [0.25, 0.3) is 5.91 Å². The number of amides is 1. The molecule has 0 atom stereocenters. The summed E-state index contributed by atoms with van der Waals surface area (Å²) < 4.78 is 11.1. The Bertz CT molecular complexity index is 1180. The number of rotatable bonds is 7. The summed E-state index contributed by atoms with van der Waals surface area (Å²) in [5.41, 5.74) is 4.59. The fraction of sp³-hybridized carbons (Fsp3) is 0.125. The minimum atomic E-state index is -0.597. The van der Waals surface area contributed by atoms with Gasteiger partial charge in [0.2, 0.25) is 0 Å². The molecular formula is C24H20Cl2N2O4. The third kappa shape index (κ3) is 5.87. The molecule has 0 bridgehead atoms. The summed E-state index contributed by atoms with van der Waals surface area (Å²) in [5, 5.41) is 4.61. The summed E-state index contributed by atoms with van der Waals surface area (Å²) in [7, 11) is 0. The average Bonchev–Trinajstić information content (AvgIpc) is 2.75. The normalized spacial score (nSPS) is 10.8. The van der Waals surface area contributed by atoms with Crippen LogP contribution in [0.15, 0.2) is 65.8 Å². The molecule has 0 aliphatic heterocycles. The van der Waals surface area contributed by atoms with Crippen LogP contribution in [0.3, 0.4) is 0 Å². The van der Waals surface area contributed by atoms with E-state index in [9.17, 15) is 9.59 Å². The van der Waals surface area contributed by atoms with Gasteiger partial charge in [0.15, 0.2) is 11.5 Å². The van der Waals surface area contributed by atoms with E-state index >= 15 is 0 Å². The monoisotopic (exact) mass is 470 g/mol. The number of hydrogen-bond acceptors (Lipinski definition) is 5. The highest BCUT2D eigenvalue weighted by Crippen LogP contribution is 2.29.